The summed E-state index contributed by atoms with van der Waals surface area (Å²) >= 11 is 0. The molecule has 1 fully saturated rings. The van der Waals surface area contributed by atoms with Crippen LogP contribution in [0.15, 0.2) is 0 Å². The quantitative estimate of drug-likeness (QED) is 0.714. The van der Waals surface area contributed by atoms with E-state index in [4.69, 9.17) is 5.73 Å². The molecule has 1 aliphatic rings. The smallest absolute Gasteiger partial charge is 0.225 e. The van der Waals surface area contributed by atoms with E-state index in [0.717, 1.165) is 25.7 Å². The van der Waals surface area contributed by atoms with Gasteiger partial charge in [-0.05, 0) is 25.8 Å². The third-order valence-electron chi connectivity index (χ3n) is 4.07. The molecular formula is C15H29N3O2. The lowest BCUT2D eigenvalue weighted by atomic mass is 10.1. The lowest BCUT2D eigenvalue weighted by molar-refractivity contribution is -0.141. The minimum atomic E-state index is 0.0912. The van der Waals surface area contributed by atoms with Gasteiger partial charge in [-0.25, -0.2) is 0 Å². The molecule has 0 radical (unpaired) electrons. The molecule has 116 valence electrons. The van der Waals surface area contributed by atoms with Gasteiger partial charge in [-0.2, -0.15) is 0 Å². The van der Waals surface area contributed by atoms with Crippen molar-refractivity contribution in [3.8, 4) is 0 Å². The Morgan fingerprint density at radius 2 is 1.65 bits per heavy atom. The Hall–Kier alpha value is -1.10. The van der Waals surface area contributed by atoms with Crippen LogP contribution in [0.1, 0.15) is 46.0 Å². The molecule has 20 heavy (non-hydrogen) atoms. The maximum absolute atomic E-state index is 12.1. The van der Waals surface area contributed by atoms with Crippen LogP contribution in [0.4, 0.5) is 0 Å². The van der Waals surface area contributed by atoms with Crippen LogP contribution in [0, 0.1) is 5.92 Å². The highest BCUT2D eigenvalue weighted by Crippen LogP contribution is 2.11. The van der Waals surface area contributed by atoms with E-state index in [-0.39, 0.29) is 17.7 Å². The zero-order valence-corrected chi connectivity index (χ0v) is 12.9. The fraction of sp³-hybridized carbons (Fsp3) is 0.867. The highest BCUT2D eigenvalue weighted by atomic mass is 16.2. The molecule has 0 aromatic rings. The summed E-state index contributed by atoms with van der Waals surface area (Å²) in [6.07, 6.45) is 4.42. The first-order chi connectivity index (χ1) is 9.60. The second-order valence-corrected chi connectivity index (χ2v) is 5.61. The molecule has 1 heterocycles. The average Bonchev–Trinajstić information content (AvgIpc) is 2.50. The van der Waals surface area contributed by atoms with Crippen molar-refractivity contribution in [1.29, 1.82) is 0 Å². The second-order valence-electron chi connectivity index (χ2n) is 5.61. The lowest BCUT2D eigenvalue weighted by Crippen LogP contribution is -2.51. The molecule has 2 amide bonds. The minimum Gasteiger partial charge on any atom is -0.339 e. The molecule has 0 bridgehead atoms. The second kappa shape index (κ2) is 8.95. The molecule has 5 nitrogen and oxygen atoms in total. The number of rotatable bonds is 7. The van der Waals surface area contributed by atoms with Crippen molar-refractivity contribution in [1.82, 2.24) is 9.80 Å². The summed E-state index contributed by atoms with van der Waals surface area (Å²) in [4.78, 5) is 27.9. The fourth-order valence-corrected chi connectivity index (χ4v) is 2.42. The Balaban J connectivity index is 2.27. The van der Waals surface area contributed by atoms with Gasteiger partial charge >= 0.3 is 0 Å². The van der Waals surface area contributed by atoms with Crippen molar-refractivity contribution in [3.05, 3.63) is 0 Å². The molecular weight excluding hydrogens is 254 g/mol. The predicted molar refractivity (Wildman–Crippen MR) is 80.1 cm³/mol. The van der Waals surface area contributed by atoms with Crippen LogP contribution in [-0.2, 0) is 9.59 Å². The molecule has 0 aromatic heterocycles. The van der Waals surface area contributed by atoms with Crippen LogP contribution < -0.4 is 5.73 Å². The highest BCUT2D eigenvalue weighted by Gasteiger charge is 2.25. The molecule has 0 saturated carbocycles. The normalized spacial score (nSPS) is 17.1. The van der Waals surface area contributed by atoms with Crippen molar-refractivity contribution >= 4 is 11.8 Å². The monoisotopic (exact) mass is 283 g/mol. The SMILES string of the molecule is CC[C@H](C)C(=O)N1CCN(C(=O)CCCCCN)CC1. The number of nitrogens with zero attached hydrogens (tertiary/aromatic N) is 2. The Kier molecular flexibility index (Phi) is 7.59. The molecule has 1 rings (SSSR count). The summed E-state index contributed by atoms with van der Waals surface area (Å²) in [7, 11) is 0. The molecule has 1 aliphatic heterocycles. The third-order valence-corrected chi connectivity index (χ3v) is 4.07. The van der Waals surface area contributed by atoms with E-state index >= 15 is 0 Å². The summed E-state index contributed by atoms with van der Waals surface area (Å²) in [5.74, 6) is 0.536. The Morgan fingerprint density at radius 3 is 2.20 bits per heavy atom. The van der Waals surface area contributed by atoms with E-state index in [0.29, 0.717) is 39.1 Å². The number of amides is 2. The zero-order chi connectivity index (χ0) is 15.0. The van der Waals surface area contributed by atoms with Gasteiger partial charge in [0, 0.05) is 38.5 Å². The lowest BCUT2D eigenvalue weighted by Gasteiger charge is -2.36. The van der Waals surface area contributed by atoms with E-state index < -0.39 is 0 Å². The standard InChI is InChI=1S/C15H29N3O2/c1-3-13(2)15(20)18-11-9-17(10-12-18)14(19)7-5-4-6-8-16/h13H,3-12,16H2,1-2H3/t13-/m0/s1. The predicted octanol–water partition coefficient (Wildman–Crippen LogP) is 1.22. The van der Waals surface area contributed by atoms with Crippen molar-refractivity contribution in [2.75, 3.05) is 32.7 Å². The van der Waals surface area contributed by atoms with Crippen LogP contribution in [0.25, 0.3) is 0 Å². The van der Waals surface area contributed by atoms with Gasteiger partial charge in [-0.1, -0.05) is 20.3 Å². The minimum absolute atomic E-state index is 0.0912. The van der Waals surface area contributed by atoms with Gasteiger partial charge in [0.05, 0.1) is 0 Å². The summed E-state index contributed by atoms with van der Waals surface area (Å²) < 4.78 is 0. The number of carbonyl (C=O) groups is 2. The van der Waals surface area contributed by atoms with Crippen molar-refractivity contribution in [3.63, 3.8) is 0 Å². The van der Waals surface area contributed by atoms with Gasteiger partial charge in [-0.15, -0.1) is 0 Å². The number of carbonyl (C=O) groups excluding carboxylic acids is 2. The molecule has 0 spiro atoms. The van der Waals surface area contributed by atoms with Gasteiger partial charge in [-0.3, -0.25) is 9.59 Å². The Bertz CT molecular complexity index is 312. The maximum Gasteiger partial charge on any atom is 0.225 e. The summed E-state index contributed by atoms with van der Waals surface area (Å²) in [5.41, 5.74) is 5.43. The summed E-state index contributed by atoms with van der Waals surface area (Å²) in [6.45, 7) is 7.41. The van der Waals surface area contributed by atoms with E-state index in [2.05, 4.69) is 0 Å². The van der Waals surface area contributed by atoms with Crippen LogP contribution in [-0.4, -0.2) is 54.3 Å². The Morgan fingerprint density at radius 1 is 1.05 bits per heavy atom. The number of hydrogen-bond acceptors (Lipinski definition) is 3. The van der Waals surface area contributed by atoms with Gasteiger partial charge < -0.3 is 15.5 Å². The molecule has 0 aliphatic carbocycles. The zero-order valence-electron chi connectivity index (χ0n) is 12.9. The largest absolute Gasteiger partial charge is 0.339 e. The van der Waals surface area contributed by atoms with Gasteiger partial charge in [0.15, 0.2) is 0 Å². The van der Waals surface area contributed by atoms with E-state index in [1.807, 2.05) is 23.6 Å². The molecule has 2 N–H and O–H groups in total. The van der Waals surface area contributed by atoms with Crippen LogP contribution in [0.2, 0.25) is 0 Å². The van der Waals surface area contributed by atoms with Crippen LogP contribution in [0.5, 0.6) is 0 Å². The molecule has 1 atom stereocenters. The van der Waals surface area contributed by atoms with Crippen molar-refractivity contribution in [2.24, 2.45) is 11.7 Å². The summed E-state index contributed by atoms with van der Waals surface area (Å²) in [6, 6.07) is 0. The van der Waals surface area contributed by atoms with Gasteiger partial charge in [0.2, 0.25) is 11.8 Å². The average molecular weight is 283 g/mol. The first kappa shape index (κ1) is 17.0. The number of hydrogen-bond donors (Lipinski definition) is 1. The van der Waals surface area contributed by atoms with Crippen molar-refractivity contribution in [2.45, 2.75) is 46.0 Å². The summed E-state index contributed by atoms with van der Waals surface area (Å²) in [5, 5.41) is 0. The molecule has 5 heteroatoms. The van der Waals surface area contributed by atoms with Crippen molar-refractivity contribution < 1.29 is 9.59 Å². The van der Waals surface area contributed by atoms with Gasteiger partial charge in [0.1, 0.15) is 0 Å². The van der Waals surface area contributed by atoms with E-state index in [9.17, 15) is 9.59 Å². The molecule has 0 aromatic carbocycles. The van der Waals surface area contributed by atoms with E-state index in [1.165, 1.54) is 0 Å². The van der Waals surface area contributed by atoms with Crippen LogP contribution in [0.3, 0.4) is 0 Å². The van der Waals surface area contributed by atoms with Gasteiger partial charge in [0.25, 0.3) is 0 Å². The topological polar surface area (TPSA) is 66.6 Å². The molecule has 1 saturated heterocycles. The van der Waals surface area contributed by atoms with E-state index in [1.54, 1.807) is 0 Å². The third kappa shape index (κ3) is 5.12. The number of nitrogens with two attached hydrogens (primary N) is 1. The Labute approximate surface area is 122 Å². The highest BCUT2D eigenvalue weighted by molar-refractivity contribution is 5.79. The fourth-order valence-electron chi connectivity index (χ4n) is 2.42. The number of unbranched alkanes of at least 4 members (excludes halogenated alkanes) is 2. The first-order valence-corrected chi connectivity index (χ1v) is 7.86. The number of piperazine rings is 1. The molecule has 0 unspecified atom stereocenters. The first-order valence-electron chi connectivity index (χ1n) is 7.86. The van der Waals surface area contributed by atoms with Crippen LogP contribution >= 0.6 is 0 Å². The maximum atomic E-state index is 12.1.